The highest BCUT2D eigenvalue weighted by Gasteiger charge is 1.99. The third-order valence-corrected chi connectivity index (χ3v) is 2.62. The fourth-order valence-corrected chi connectivity index (χ4v) is 1.67. The molecule has 0 fully saturated rings. The summed E-state index contributed by atoms with van der Waals surface area (Å²) in [6, 6.07) is 18.3. The van der Waals surface area contributed by atoms with Crippen molar-refractivity contribution in [1.82, 2.24) is 5.43 Å². The Hall–Kier alpha value is -2.33. The van der Waals surface area contributed by atoms with Gasteiger partial charge >= 0.3 is 0 Å². The Morgan fingerprint density at radius 1 is 0.944 bits per heavy atom. The van der Waals surface area contributed by atoms with Gasteiger partial charge in [0.15, 0.2) is 0 Å². The summed E-state index contributed by atoms with van der Waals surface area (Å²) in [5.41, 5.74) is 5.80. The van der Waals surface area contributed by atoms with Crippen LogP contribution in [0.4, 0.5) is 5.69 Å². The molecule has 0 heterocycles. The third kappa shape index (κ3) is 2.87. The smallest absolute Gasteiger partial charge is 0.209 e. The maximum atomic E-state index is 5.31. The van der Waals surface area contributed by atoms with E-state index in [0.29, 0.717) is 5.96 Å². The summed E-state index contributed by atoms with van der Waals surface area (Å²) in [5, 5.41) is 3.07. The van der Waals surface area contributed by atoms with Crippen molar-refractivity contribution in [3.63, 3.8) is 0 Å². The van der Waals surface area contributed by atoms with Crippen LogP contribution in [0.3, 0.4) is 0 Å². The molecule has 4 nitrogen and oxygen atoms in total. The number of aliphatic imine (C=N–C) groups is 1. The van der Waals surface area contributed by atoms with Crippen LogP contribution in [0.2, 0.25) is 0 Å². The molecule has 0 bridgehead atoms. The molecule has 0 atom stereocenters. The first-order valence-electron chi connectivity index (χ1n) is 5.69. The summed E-state index contributed by atoms with van der Waals surface area (Å²) in [4.78, 5) is 3.95. The molecule has 0 aliphatic heterocycles. The molecule has 18 heavy (non-hydrogen) atoms. The summed E-state index contributed by atoms with van der Waals surface area (Å²) in [5.74, 6) is 5.84. The molecule has 0 radical (unpaired) electrons. The Kier molecular flexibility index (Phi) is 3.94. The molecule has 2 aromatic rings. The predicted molar refractivity (Wildman–Crippen MR) is 76.2 cm³/mol. The molecule has 4 heteroatoms. The van der Waals surface area contributed by atoms with E-state index < -0.39 is 0 Å². The van der Waals surface area contributed by atoms with Crippen molar-refractivity contribution in [1.29, 1.82) is 0 Å². The van der Waals surface area contributed by atoms with Gasteiger partial charge in [-0.25, -0.2) is 5.84 Å². The van der Waals surface area contributed by atoms with Crippen molar-refractivity contribution in [3.05, 3.63) is 54.6 Å². The van der Waals surface area contributed by atoms with Gasteiger partial charge in [0.25, 0.3) is 0 Å². The molecule has 0 saturated carbocycles. The predicted octanol–water partition coefficient (Wildman–Crippen LogP) is 2.21. The van der Waals surface area contributed by atoms with E-state index in [9.17, 15) is 0 Å². The van der Waals surface area contributed by atoms with Gasteiger partial charge in [0.05, 0.1) is 0 Å². The normalized spacial score (nSPS) is 11.1. The summed E-state index contributed by atoms with van der Waals surface area (Å²) >= 11 is 0. The summed E-state index contributed by atoms with van der Waals surface area (Å²) in [7, 11) is 1.67. The molecular formula is C14H16N4. The maximum Gasteiger partial charge on any atom is 0.209 e. The first-order valence-corrected chi connectivity index (χ1v) is 5.69. The second-order valence-electron chi connectivity index (χ2n) is 3.78. The molecule has 0 aliphatic carbocycles. The Morgan fingerprint density at radius 3 is 2.11 bits per heavy atom. The van der Waals surface area contributed by atoms with Gasteiger partial charge < -0.3 is 5.32 Å². The molecular weight excluding hydrogens is 224 g/mol. The van der Waals surface area contributed by atoms with E-state index in [-0.39, 0.29) is 0 Å². The lowest BCUT2D eigenvalue weighted by molar-refractivity contribution is 1.01. The van der Waals surface area contributed by atoms with Gasteiger partial charge in [-0.2, -0.15) is 0 Å². The number of hydrazine groups is 1. The zero-order valence-corrected chi connectivity index (χ0v) is 10.2. The van der Waals surface area contributed by atoms with Crippen LogP contribution in [0.15, 0.2) is 59.6 Å². The number of guanidine groups is 1. The molecule has 4 N–H and O–H groups in total. The molecule has 0 amide bonds. The van der Waals surface area contributed by atoms with E-state index in [1.807, 2.05) is 30.3 Å². The number of nitrogens with two attached hydrogens (primary N) is 1. The van der Waals surface area contributed by atoms with E-state index in [0.717, 1.165) is 5.69 Å². The van der Waals surface area contributed by atoms with Crippen LogP contribution < -0.4 is 16.6 Å². The zero-order chi connectivity index (χ0) is 12.8. The van der Waals surface area contributed by atoms with Crippen LogP contribution in [-0.2, 0) is 0 Å². The maximum absolute atomic E-state index is 5.31. The van der Waals surface area contributed by atoms with Crippen molar-refractivity contribution >= 4 is 11.6 Å². The van der Waals surface area contributed by atoms with E-state index in [4.69, 9.17) is 5.84 Å². The Labute approximate surface area is 107 Å². The topological polar surface area (TPSA) is 62.4 Å². The van der Waals surface area contributed by atoms with Crippen molar-refractivity contribution in [3.8, 4) is 11.1 Å². The summed E-state index contributed by atoms with van der Waals surface area (Å²) < 4.78 is 0. The van der Waals surface area contributed by atoms with E-state index >= 15 is 0 Å². The summed E-state index contributed by atoms with van der Waals surface area (Å²) in [6.07, 6.45) is 0. The minimum absolute atomic E-state index is 0.530. The van der Waals surface area contributed by atoms with Crippen molar-refractivity contribution in [2.75, 3.05) is 12.4 Å². The Morgan fingerprint density at radius 2 is 1.56 bits per heavy atom. The highest BCUT2D eigenvalue weighted by atomic mass is 15.3. The highest BCUT2D eigenvalue weighted by Crippen LogP contribution is 2.20. The third-order valence-electron chi connectivity index (χ3n) is 2.62. The van der Waals surface area contributed by atoms with Gasteiger partial charge in [-0.05, 0) is 23.3 Å². The molecule has 0 saturated heterocycles. The minimum atomic E-state index is 0.530. The van der Waals surface area contributed by atoms with Crippen molar-refractivity contribution in [2.24, 2.45) is 10.8 Å². The van der Waals surface area contributed by atoms with E-state index in [1.165, 1.54) is 11.1 Å². The van der Waals surface area contributed by atoms with Crippen molar-refractivity contribution < 1.29 is 0 Å². The van der Waals surface area contributed by atoms with Gasteiger partial charge in [-0.15, -0.1) is 0 Å². The van der Waals surface area contributed by atoms with Gasteiger partial charge in [0.2, 0.25) is 5.96 Å². The average Bonchev–Trinajstić information content (AvgIpc) is 2.46. The lowest BCUT2D eigenvalue weighted by Gasteiger charge is -2.09. The number of rotatable bonds is 2. The number of nitrogens with one attached hydrogen (secondary N) is 2. The highest BCUT2D eigenvalue weighted by molar-refractivity contribution is 5.93. The monoisotopic (exact) mass is 240 g/mol. The van der Waals surface area contributed by atoms with Crippen LogP contribution in [0.25, 0.3) is 11.1 Å². The number of benzene rings is 2. The fraction of sp³-hybridized carbons (Fsp3) is 0.0714. The molecule has 0 unspecified atom stereocenters. The van der Waals surface area contributed by atoms with Gasteiger partial charge in [-0.3, -0.25) is 10.4 Å². The lowest BCUT2D eigenvalue weighted by Crippen LogP contribution is -2.35. The average molecular weight is 240 g/mol. The molecule has 2 aromatic carbocycles. The van der Waals surface area contributed by atoms with Crippen LogP contribution in [0.5, 0.6) is 0 Å². The summed E-state index contributed by atoms with van der Waals surface area (Å²) in [6.45, 7) is 0. The number of anilines is 1. The Bertz CT molecular complexity index is 517. The lowest BCUT2D eigenvalue weighted by atomic mass is 10.1. The zero-order valence-electron chi connectivity index (χ0n) is 10.2. The fourth-order valence-electron chi connectivity index (χ4n) is 1.67. The second-order valence-corrected chi connectivity index (χ2v) is 3.78. The molecule has 0 aromatic heterocycles. The second kappa shape index (κ2) is 5.84. The largest absolute Gasteiger partial charge is 0.325 e. The van der Waals surface area contributed by atoms with Gasteiger partial charge in [0.1, 0.15) is 0 Å². The van der Waals surface area contributed by atoms with Gasteiger partial charge in [-0.1, -0.05) is 42.5 Å². The van der Waals surface area contributed by atoms with E-state index in [1.54, 1.807) is 7.05 Å². The first-order chi connectivity index (χ1) is 8.83. The van der Waals surface area contributed by atoms with E-state index in [2.05, 4.69) is 40.0 Å². The molecule has 2 rings (SSSR count). The number of hydrogen-bond acceptors (Lipinski definition) is 2. The van der Waals surface area contributed by atoms with Crippen molar-refractivity contribution in [2.45, 2.75) is 0 Å². The number of hydrogen-bond donors (Lipinski definition) is 3. The van der Waals surface area contributed by atoms with Crippen LogP contribution in [0.1, 0.15) is 0 Å². The van der Waals surface area contributed by atoms with Crippen LogP contribution >= 0.6 is 0 Å². The number of nitrogens with zero attached hydrogens (tertiary/aromatic N) is 1. The minimum Gasteiger partial charge on any atom is -0.325 e. The quantitative estimate of drug-likeness (QED) is 0.326. The Balaban J connectivity index is 2.16. The van der Waals surface area contributed by atoms with Crippen LogP contribution in [-0.4, -0.2) is 13.0 Å². The molecule has 0 aliphatic rings. The molecule has 92 valence electrons. The first kappa shape index (κ1) is 12.1. The van der Waals surface area contributed by atoms with Crippen LogP contribution in [0, 0.1) is 0 Å². The molecule has 0 spiro atoms. The standard InChI is InChI=1S/C14H16N4/c1-16-14(18-15)17-13-9-7-12(8-10-13)11-5-3-2-4-6-11/h2-10H,15H2,1H3,(H2,16,17,18). The SMILES string of the molecule is CN=C(NN)Nc1ccc(-c2ccccc2)cc1. The van der Waals surface area contributed by atoms with Gasteiger partial charge in [0, 0.05) is 12.7 Å².